The molecule has 0 fully saturated rings. The van der Waals surface area contributed by atoms with E-state index in [0.29, 0.717) is 17.7 Å². The highest BCUT2D eigenvalue weighted by Gasteiger charge is 2.26. The van der Waals surface area contributed by atoms with Crippen molar-refractivity contribution in [1.29, 1.82) is 0 Å². The zero-order valence-electron chi connectivity index (χ0n) is 15.6. The smallest absolute Gasteiger partial charge is 0.281 e. The summed E-state index contributed by atoms with van der Waals surface area (Å²) in [7, 11) is -2.30. The van der Waals surface area contributed by atoms with E-state index in [9.17, 15) is 13.2 Å². The number of anilines is 1. The number of aromatic nitrogens is 2. The predicted octanol–water partition coefficient (Wildman–Crippen LogP) is 2.13. The summed E-state index contributed by atoms with van der Waals surface area (Å²) in [5.74, 6) is -0.348. The molecule has 2 aromatic heterocycles. The summed E-state index contributed by atoms with van der Waals surface area (Å²) in [6.07, 6.45) is 1.72. The Balaban J connectivity index is 1.68. The van der Waals surface area contributed by atoms with E-state index in [0.717, 1.165) is 16.1 Å². The van der Waals surface area contributed by atoms with Crippen molar-refractivity contribution >= 4 is 49.3 Å². The van der Waals surface area contributed by atoms with Crippen LogP contribution in [0.2, 0.25) is 0 Å². The second-order valence-electron chi connectivity index (χ2n) is 6.62. The van der Waals surface area contributed by atoms with Crippen molar-refractivity contribution in [2.45, 2.75) is 16.7 Å². The molecule has 1 unspecified atom stereocenters. The number of hydrogen-bond donors (Lipinski definition) is 2. The van der Waals surface area contributed by atoms with E-state index in [1.807, 2.05) is 12.1 Å². The van der Waals surface area contributed by atoms with Crippen molar-refractivity contribution in [3.8, 4) is 0 Å². The number of para-hydroxylation sites is 1. The third kappa shape index (κ3) is 3.73. The second kappa shape index (κ2) is 7.53. The highest BCUT2D eigenvalue weighted by Crippen LogP contribution is 2.33. The number of hydrogen-bond acceptors (Lipinski definition) is 6. The quantitative estimate of drug-likeness (QED) is 0.622. The zero-order valence-corrected chi connectivity index (χ0v) is 17.2. The van der Waals surface area contributed by atoms with Crippen molar-refractivity contribution in [3.63, 3.8) is 0 Å². The van der Waals surface area contributed by atoms with Crippen LogP contribution >= 0.6 is 11.8 Å². The Morgan fingerprint density at radius 2 is 2.14 bits per heavy atom. The third-order valence-electron chi connectivity index (χ3n) is 4.61. The molecule has 0 bridgehead atoms. The highest BCUT2D eigenvalue weighted by molar-refractivity contribution is 8.15. The summed E-state index contributed by atoms with van der Waals surface area (Å²) in [6.45, 7) is 0.527. The monoisotopic (exact) mass is 429 g/mol. The van der Waals surface area contributed by atoms with E-state index >= 15 is 0 Å². The summed E-state index contributed by atoms with van der Waals surface area (Å²) in [4.78, 5) is 22.9. The first-order valence-electron chi connectivity index (χ1n) is 8.88. The fraction of sp³-hybridized carbons (Fsp3) is 0.211. The van der Waals surface area contributed by atoms with E-state index in [4.69, 9.17) is 5.73 Å². The molecule has 1 aromatic carbocycles. The minimum Gasteiger partial charge on any atom is -0.370 e. The number of carbonyl (C=O) groups excluding carboxylic acids is 1. The number of sulfonamides is 1. The maximum atomic E-state index is 13.0. The van der Waals surface area contributed by atoms with Crippen LogP contribution in [0.1, 0.15) is 12.1 Å². The number of pyridine rings is 1. The molecule has 29 heavy (non-hydrogen) atoms. The van der Waals surface area contributed by atoms with E-state index in [2.05, 4.69) is 15.0 Å². The largest absolute Gasteiger partial charge is 0.370 e. The van der Waals surface area contributed by atoms with Crippen molar-refractivity contribution in [2.75, 3.05) is 17.9 Å². The van der Waals surface area contributed by atoms with Gasteiger partial charge in [-0.25, -0.2) is 4.98 Å². The highest BCUT2D eigenvalue weighted by atomic mass is 32.2. The molecule has 150 valence electrons. The van der Waals surface area contributed by atoms with E-state index in [1.54, 1.807) is 24.3 Å². The first-order valence-corrected chi connectivity index (χ1v) is 11.2. The van der Waals surface area contributed by atoms with Gasteiger partial charge in [0.15, 0.2) is 5.03 Å². The van der Waals surface area contributed by atoms with Gasteiger partial charge in [-0.1, -0.05) is 30.0 Å². The number of nitrogens with two attached hydrogens (primary N) is 1. The lowest BCUT2D eigenvalue weighted by atomic mass is 10.2. The van der Waals surface area contributed by atoms with Crippen LogP contribution in [-0.4, -0.2) is 48.2 Å². The number of aliphatic imine (C=N–C) groups is 1. The van der Waals surface area contributed by atoms with Crippen molar-refractivity contribution in [2.24, 2.45) is 10.7 Å². The lowest BCUT2D eigenvalue weighted by Gasteiger charge is -2.19. The number of nitrogens with zero attached hydrogens (tertiary/aromatic N) is 3. The average molecular weight is 430 g/mol. The molecule has 0 spiro atoms. The van der Waals surface area contributed by atoms with Crippen molar-refractivity contribution in [3.05, 3.63) is 54.4 Å². The van der Waals surface area contributed by atoms with Gasteiger partial charge in [-0.15, -0.1) is 0 Å². The lowest BCUT2D eigenvalue weighted by Crippen LogP contribution is -2.27. The Labute approximate surface area is 172 Å². The van der Waals surface area contributed by atoms with Gasteiger partial charge in [0, 0.05) is 30.3 Å². The Bertz CT molecular complexity index is 1210. The number of primary amides is 1. The Morgan fingerprint density at radius 1 is 1.31 bits per heavy atom. The number of thioether (sulfide) groups is 1. The van der Waals surface area contributed by atoms with Gasteiger partial charge in [0.2, 0.25) is 5.91 Å². The first kappa shape index (κ1) is 19.5. The van der Waals surface area contributed by atoms with E-state index in [-0.39, 0.29) is 22.6 Å². The normalized spacial score (nSPS) is 16.7. The summed E-state index contributed by atoms with van der Waals surface area (Å²) in [5, 5.41) is 1.66. The topological polar surface area (TPSA) is 122 Å². The SMILES string of the molecule is CN(c1cccc2cc(C3=NCC(CC(N)=O)S3)[nH]c12)S(=O)(=O)c1ccccn1. The molecule has 0 radical (unpaired) electrons. The van der Waals surface area contributed by atoms with Gasteiger partial charge >= 0.3 is 0 Å². The number of rotatable bonds is 6. The molecule has 1 atom stereocenters. The number of benzene rings is 1. The molecule has 0 saturated heterocycles. The van der Waals surface area contributed by atoms with Gasteiger partial charge in [-0.3, -0.25) is 14.1 Å². The van der Waals surface area contributed by atoms with E-state index in [1.165, 1.54) is 35.4 Å². The van der Waals surface area contributed by atoms with Crippen molar-refractivity contribution < 1.29 is 13.2 Å². The molecule has 4 rings (SSSR count). The number of nitrogens with one attached hydrogen (secondary N) is 1. The van der Waals surface area contributed by atoms with Crippen LogP contribution in [0.25, 0.3) is 10.9 Å². The van der Waals surface area contributed by atoms with Crippen LogP contribution in [0.15, 0.2) is 58.7 Å². The Kier molecular flexibility index (Phi) is 5.05. The van der Waals surface area contributed by atoms with Gasteiger partial charge < -0.3 is 10.7 Å². The molecule has 0 saturated carbocycles. The molecule has 1 aliphatic heterocycles. The van der Waals surface area contributed by atoms with E-state index < -0.39 is 10.0 Å². The molecule has 1 amide bonds. The van der Waals surface area contributed by atoms with Crippen LogP contribution in [0.3, 0.4) is 0 Å². The van der Waals surface area contributed by atoms with Gasteiger partial charge in [0.05, 0.1) is 23.4 Å². The summed E-state index contributed by atoms with van der Waals surface area (Å²) >= 11 is 1.50. The predicted molar refractivity (Wildman–Crippen MR) is 115 cm³/mol. The second-order valence-corrected chi connectivity index (χ2v) is 9.83. The number of aromatic amines is 1. The summed E-state index contributed by atoms with van der Waals surface area (Å²) < 4.78 is 27.1. The Morgan fingerprint density at radius 3 is 2.86 bits per heavy atom. The van der Waals surface area contributed by atoms with Crippen LogP contribution in [0.4, 0.5) is 5.69 Å². The standard InChI is InChI=1S/C19H19N5O3S2/c1-24(29(26,27)17-7-2-3-8-21-17)15-6-4-5-12-9-14(23-18(12)15)19-22-11-13(28-19)10-16(20)25/h2-9,13,23H,10-11H2,1H3,(H2,20,25). The molecule has 3 N–H and O–H groups in total. The van der Waals surface area contributed by atoms with Crippen molar-refractivity contribution in [1.82, 2.24) is 9.97 Å². The fourth-order valence-corrected chi connectivity index (χ4v) is 5.42. The molecule has 3 aromatic rings. The minimum absolute atomic E-state index is 0.0173. The van der Waals surface area contributed by atoms with Crippen LogP contribution in [0.5, 0.6) is 0 Å². The van der Waals surface area contributed by atoms with Crippen LogP contribution < -0.4 is 10.0 Å². The number of carbonyl (C=O) groups is 1. The van der Waals surface area contributed by atoms with Crippen LogP contribution in [0, 0.1) is 0 Å². The molecule has 10 heteroatoms. The minimum atomic E-state index is -3.80. The van der Waals surface area contributed by atoms with Gasteiger partial charge in [0.25, 0.3) is 10.0 Å². The Hall–Kier alpha value is -2.85. The lowest BCUT2D eigenvalue weighted by molar-refractivity contribution is -0.117. The van der Waals surface area contributed by atoms with Gasteiger partial charge in [0.1, 0.15) is 5.04 Å². The molecular weight excluding hydrogens is 410 g/mol. The average Bonchev–Trinajstić information content (AvgIpc) is 3.34. The third-order valence-corrected chi connectivity index (χ3v) is 7.52. The number of H-pyrrole nitrogens is 1. The van der Waals surface area contributed by atoms with Gasteiger partial charge in [-0.05, 0) is 24.3 Å². The fourth-order valence-electron chi connectivity index (χ4n) is 3.18. The number of amides is 1. The summed E-state index contributed by atoms with van der Waals surface area (Å²) in [6, 6.07) is 12.2. The number of fused-ring (bicyclic) bond motifs is 1. The maximum Gasteiger partial charge on any atom is 0.281 e. The zero-order chi connectivity index (χ0) is 20.6. The molecule has 3 heterocycles. The first-order chi connectivity index (χ1) is 13.9. The molecular formula is C19H19N5O3S2. The molecule has 8 nitrogen and oxygen atoms in total. The van der Waals surface area contributed by atoms with Crippen LogP contribution in [-0.2, 0) is 14.8 Å². The molecule has 1 aliphatic rings. The maximum absolute atomic E-state index is 13.0. The summed E-state index contributed by atoms with van der Waals surface area (Å²) in [5.41, 5.74) is 7.26. The molecule has 0 aliphatic carbocycles. The van der Waals surface area contributed by atoms with Gasteiger partial charge in [-0.2, -0.15) is 8.42 Å².